The summed E-state index contributed by atoms with van der Waals surface area (Å²) < 4.78 is 68.2. The number of esters is 4. The van der Waals surface area contributed by atoms with E-state index in [-0.39, 0.29) is 25.7 Å². The molecule has 522 valence electrons. The van der Waals surface area contributed by atoms with Gasteiger partial charge in [0.15, 0.2) is 12.2 Å². The van der Waals surface area contributed by atoms with Gasteiger partial charge >= 0.3 is 39.5 Å². The van der Waals surface area contributed by atoms with Crippen LogP contribution < -0.4 is 0 Å². The highest BCUT2D eigenvalue weighted by molar-refractivity contribution is 7.47. The third-order valence-electron chi connectivity index (χ3n) is 16.2. The number of phosphoric acid groups is 2. The van der Waals surface area contributed by atoms with Gasteiger partial charge in [-0.2, -0.15) is 0 Å². The predicted octanol–water partition coefficient (Wildman–Crippen LogP) is 19.3. The normalized spacial score (nSPS) is 14.6. The van der Waals surface area contributed by atoms with E-state index in [1.54, 1.807) is 0 Å². The topological polar surface area (TPSA) is 237 Å². The van der Waals surface area contributed by atoms with Gasteiger partial charge in [0.1, 0.15) is 19.3 Å². The lowest BCUT2D eigenvalue weighted by Gasteiger charge is -2.21. The molecule has 0 radical (unpaired) electrons. The van der Waals surface area contributed by atoms with Gasteiger partial charge in [-0.05, 0) is 49.4 Å². The van der Waals surface area contributed by atoms with Crippen molar-refractivity contribution in [1.82, 2.24) is 0 Å². The Labute approximate surface area is 537 Å². The van der Waals surface area contributed by atoms with E-state index in [1.165, 1.54) is 141 Å². The van der Waals surface area contributed by atoms with Crippen LogP contribution in [0.3, 0.4) is 0 Å². The van der Waals surface area contributed by atoms with Gasteiger partial charge in [0.2, 0.25) is 0 Å². The molecule has 6 atom stereocenters. The number of phosphoric ester groups is 2. The first-order chi connectivity index (χ1) is 42.1. The number of hydrogen-bond acceptors (Lipinski definition) is 15. The van der Waals surface area contributed by atoms with Crippen molar-refractivity contribution in [3.8, 4) is 0 Å². The highest BCUT2D eigenvalue weighted by Crippen LogP contribution is 2.45. The summed E-state index contributed by atoms with van der Waals surface area (Å²) in [7, 11) is -9.90. The van der Waals surface area contributed by atoms with E-state index in [2.05, 4.69) is 55.4 Å². The van der Waals surface area contributed by atoms with Gasteiger partial charge in [-0.1, -0.05) is 287 Å². The zero-order valence-corrected chi connectivity index (χ0v) is 59.1. The maximum absolute atomic E-state index is 13.0. The van der Waals surface area contributed by atoms with Crippen LogP contribution in [0.4, 0.5) is 0 Å². The number of aliphatic hydroxyl groups is 1. The first-order valence-corrected chi connectivity index (χ1v) is 38.7. The number of rotatable bonds is 66. The van der Waals surface area contributed by atoms with E-state index < -0.39 is 97.5 Å². The second-order valence-corrected chi connectivity index (χ2v) is 29.5. The van der Waals surface area contributed by atoms with Crippen molar-refractivity contribution in [1.29, 1.82) is 0 Å². The maximum Gasteiger partial charge on any atom is 0.472 e. The zero-order chi connectivity index (χ0) is 65.4. The van der Waals surface area contributed by atoms with Crippen LogP contribution in [0.15, 0.2) is 0 Å². The first kappa shape index (κ1) is 86.1. The van der Waals surface area contributed by atoms with E-state index in [0.29, 0.717) is 31.6 Å². The minimum Gasteiger partial charge on any atom is -0.462 e. The molecule has 0 aromatic carbocycles. The molecule has 0 fully saturated rings. The minimum absolute atomic E-state index is 0.101. The Morgan fingerprint density at radius 3 is 0.807 bits per heavy atom. The number of ether oxygens (including phenoxy) is 4. The van der Waals surface area contributed by atoms with Gasteiger partial charge in [-0.3, -0.25) is 37.3 Å². The van der Waals surface area contributed by atoms with E-state index >= 15 is 0 Å². The summed E-state index contributed by atoms with van der Waals surface area (Å²) in [6, 6.07) is 0. The smallest absolute Gasteiger partial charge is 0.462 e. The lowest BCUT2D eigenvalue weighted by atomic mass is 9.99. The number of carbonyl (C=O) groups is 4. The molecular formula is C69H134O17P2. The van der Waals surface area contributed by atoms with Crippen molar-refractivity contribution < 1.29 is 80.2 Å². The van der Waals surface area contributed by atoms with Gasteiger partial charge in [0.05, 0.1) is 26.4 Å². The zero-order valence-electron chi connectivity index (χ0n) is 57.3. The molecule has 0 saturated heterocycles. The molecule has 3 N–H and O–H groups in total. The quantitative estimate of drug-likeness (QED) is 0.0222. The van der Waals surface area contributed by atoms with Gasteiger partial charge in [0.25, 0.3) is 0 Å². The molecule has 0 aromatic rings. The largest absolute Gasteiger partial charge is 0.472 e. The number of hydrogen-bond donors (Lipinski definition) is 3. The number of unbranched alkanes of at least 4 members (excludes halogenated alkanes) is 31. The molecule has 0 aliphatic carbocycles. The molecule has 0 spiro atoms. The van der Waals surface area contributed by atoms with Crippen LogP contribution in [0.5, 0.6) is 0 Å². The third-order valence-corrected chi connectivity index (χ3v) is 18.1. The summed E-state index contributed by atoms with van der Waals surface area (Å²) in [5, 5.41) is 10.6. The van der Waals surface area contributed by atoms with Crippen molar-refractivity contribution in [2.24, 2.45) is 23.7 Å². The Kier molecular flexibility index (Phi) is 57.6. The Bertz CT molecular complexity index is 1750. The van der Waals surface area contributed by atoms with E-state index in [0.717, 1.165) is 108 Å². The van der Waals surface area contributed by atoms with Gasteiger partial charge < -0.3 is 33.8 Å². The fraction of sp³-hybridized carbons (Fsp3) is 0.942. The molecule has 0 aliphatic heterocycles. The Morgan fingerprint density at radius 1 is 0.318 bits per heavy atom. The van der Waals surface area contributed by atoms with Crippen LogP contribution in [0.2, 0.25) is 0 Å². The average Bonchev–Trinajstić information content (AvgIpc) is 3.53. The second-order valence-electron chi connectivity index (χ2n) is 26.6. The lowest BCUT2D eigenvalue weighted by molar-refractivity contribution is -0.161. The summed E-state index contributed by atoms with van der Waals surface area (Å²) in [6.45, 7) is 14.0. The predicted molar refractivity (Wildman–Crippen MR) is 354 cm³/mol. The van der Waals surface area contributed by atoms with Crippen molar-refractivity contribution in [2.75, 3.05) is 39.6 Å². The van der Waals surface area contributed by atoms with E-state index in [9.17, 15) is 43.2 Å². The molecule has 0 aliphatic rings. The van der Waals surface area contributed by atoms with E-state index in [4.69, 9.17) is 37.0 Å². The monoisotopic (exact) mass is 1300 g/mol. The molecule has 0 saturated carbocycles. The van der Waals surface area contributed by atoms with Crippen LogP contribution in [0.1, 0.15) is 338 Å². The van der Waals surface area contributed by atoms with Crippen LogP contribution >= 0.6 is 15.6 Å². The SMILES string of the molecule is CCC(C)CCCCCCCCCCC(=O)OC[C@H](COP(=O)(O)OCC(O)COP(=O)(O)OC[C@@H](COC(=O)CCCCCCCCCCC(C)C)OC(=O)CCCCCCCCC(C)C)OC(=O)CCCCCCCCCCCCCCCC(C)C. The molecule has 0 aromatic heterocycles. The van der Waals surface area contributed by atoms with Crippen molar-refractivity contribution in [3.63, 3.8) is 0 Å². The summed E-state index contributed by atoms with van der Waals surface area (Å²) >= 11 is 0. The van der Waals surface area contributed by atoms with Crippen LogP contribution in [0, 0.1) is 23.7 Å². The van der Waals surface area contributed by atoms with Crippen LogP contribution in [-0.4, -0.2) is 96.7 Å². The van der Waals surface area contributed by atoms with Crippen molar-refractivity contribution in [3.05, 3.63) is 0 Å². The van der Waals surface area contributed by atoms with E-state index in [1.807, 2.05) is 0 Å². The molecule has 17 nitrogen and oxygen atoms in total. The lowest BCUT2D eigenvalue weighted by Crippen LogP contribution is -2.30. The third kappa shape index (κ3) is 61.6. The second kappa shape index (κ2) is 58.8. The highest BCUT2D eigenvalue weighted by atomic mass is 31.2. The maximum atomic E-state index is 13.0. The standard InChI is InChI=1S/C69H134O17P2/c1-9-62(8)48-40-32-23-18-20-25-34-42-50-67(72)79-55-64(85-68(73)51-43-35-26-16-14-12-10-11-13-15-21-29-37-45-59(2)3)57-83-87(75,76)81-53-63(70)54-82-88(77,78)84-58-65(86-69(74)52-44-36-28-27-31-39-47-61(6)7)56-80-66(71)49-41-33-24-19-17-22-30-38-46-60(4)5/h59-65,70H,9-58H2,1-8H3,(H,75,76)(H,77,78)/t62?,63?,64-,65-/m1/s1. The highest BCUT2D eigenvalue weighted by Gasteiger charge is 2.30. The number of aliphatic hydroxyl groups excluding tert-OH is 1. The summed E-state index contributed by atoms with van der Waals surface area (Å²) in [4.78, 5) is 72.4. The van der Waals surface area contributed by atoms with Gasteiger partial charge in [0, 0.05) is 25.7 Å². The Morgan fingerprint density at radius 2 is 0.545 bits per heavy atom. The molecule has 88 heavy (non-hydrogen) atoms. The molecule has 19 heteroatoms. The molecule has 0 amide bonds. The fourth-order valence-corrected chi connectivity index (χ4v) is 11.9. The Balaban J connectivity index is 5.24. The fourth-order valence-electron chi connectivity index (χ4n) is 10.3. The van der Waals surface area contributed by atoms with Gasteiger partial charge in [-0.15, -0.1) is 0 Å². The van der Waals surface area contributed by atoms with Crippen LogP contribution in [-0.2, 0) is 65.4 Å². The Hall–Kier alpha value is -1.94. The molecular weight excluding hydrogens is 1160 g/mol. The molecule has 4 unspecified atom stereocenters. The molecule has 0 heterocycles. The summed E-state index contributed by atoms with van der Waals surface area (Å²) in [5.41, 5.74) is 0. The van der Waals surface area contributed by atoms with Crippen LogP contribution in [0.25, 0.3) is 0 Å². The first-order valence-electron chi connectivity index (χ1n) is 35.7. The van der Waals surface area contributed by atoms with Gasteiger partial charge in [-0.25, -0.2) is 9.13 Å². The summed E-state index contributed by atoms with van der Waals surface area (Å²) in [5.74, 6) is 0.824. The van der Waals surface area contributed by atoms with Crippen molar-refractivity contribution >= 4 is 39.5 Å². The molecule has 0 rings (SSSR count). The number of carbonyl (C=O) groups excluding carboxylic acids is 4. The molecule has 0 bridgehead atoms. The summed E-state index contributed by atoms with van der Waals surface area (Å²) in [6.07, 6.45) is 40.5. The minimum atomic E-state index is -4.95. The van der Waals surface area contributed by atoms with Crippen molar-refractivity contribution in [2.45, 2.75) is 356 Å². The average molecular weight is 1300 g/mol.